The normalized spacial score (nSPS) is 12.9. The van der Waals surface area contributed by atoms with Gasteiger partial charge in [0.2, 0.25) is 0 Å². The van der Waals surface area contributed by atoms with Crippen LogP contribution in [0.15, 0.2) is 65.6 Å². The molecule has 45 heavy (non-hydrogen) atoms. The summed E-state index contributed by atoms with van der Waals surface area (Å²) in [6, 6.07) is 13.6. The minimum atomic E-state index is -3.39. The number of nitrogens with zero attached hydrogens (tertiary/aromatic N) is 1. The van der Waals surface area contributed by atoms with Crippen LogP contribution in [-0.4, -0.2) is 62.7 Å². The quantitative estimate of drug-likeness (QED) is 0.206. The van der Waals surface area contributed by atoms with Gasteiger partial charge < -0.3 is 20.7 Å². The van der Waals surface area contributed by atoms with E-state index in [1.54, 1.807) is 49.1 Å². The highest BCUT2D eigenvalue weighted by atomic mass is 32.2. The predicted octanol–water partition coefficient (Wildman–Crippen LogP) is 5.21. The molecule has 0 radical (unpaired) electrons. The van der Waals surface area contributed by atoms with E-state index in [4.69, 9.17) is 10.5 Å². The topological polar surface area (TPSA) is 119 Å². The van der Waals surface area contributed by atoms with Gasteiger partial charge in [0.25, 0.3) is 5.91 Å². The molecule has 244 valence electrons. The standard InChI is InChI=1S/C34H43F2N3O5S/c1-5-11-39(12-6-2)33(40)26-13-23(4)14-27(19-26)34(41)44-32(31(37)18-25-15-28(35)20-29(36)16-25)22-38-21-24-9-8-10-30(17-24)45(42,43)7-3/h8-10,13-17,19-20,31-32,38H,5-7,11-12,18,21-22,37H2,1-4H3/t31-,32+/m0/s1. The molecule has 11 heteroatoms. The Morgan fingerprint density at radius 1 is 0.911 bits per heavy atom. The van der Waals surface area contributed by atoms with E-state index in [0.29, 0.717) is 35.3 Å². The average molecular weight is 644 g/mol. The lowest BCUT2D eigenvalue weighted by Crippen LogP contribution is -2.46. The summed E-state index contributed by atoms with van der Waals surface area (Å²) in [5.41, 5.74) is 8.72. The van der Waals surface area contributed by atoms with Crippen LogP contribution in [0.4, 0.5) is 8.78 Å². The molecule has 1 amide bonds. The van der Waals surface area contributed by atoms with Gasteiger partial charge in [-0.2, -0.15) is 0 Å². The molecule has 0 aliphatic heterocycles. The lowest BCUT2D eigenvalue weighted by atomic mass is 10.0. The summed E-state index contributed by atoms with van der Waals surface area (Å²) < 4.78 is 58.3. The maximum absolute atomic E-state index is 13.9. The van der Waals surface area contributed by atoms with E-state index in [9.17, 15) is 26.8 Å². The molecular weight excluding hydrogens is 600 g/mol. The Bertz CT molecular complexity index is 1560. The van der Waals surface area contributed by atoms with E-state index in [-0.39, 0.29) is 41.6 Å². The first kappa shape index (κ1) is 35.8. The highest BCUT2D eigenvalue weighted by molar-refractivity contribution is 7.91. The minimum absolute atomic E-state index is 0.0130. The maximum atomic E-state index is 13.9. The van der Waals surface area contributed by atoms with Gasteiger partial charge in [-0.15, -0.1) is 0 Å². The summed E-state index contributed by atoms with van der Waals surface area (Å²) in [6.45, 7) is 8.85. The first-order valence-electron chi connectivity index (χ1n) is 15.2. The number of rotatable bonds is 16. The molecule has 8 nitrogen and oxygen atoms in total. The lowest BCUT2D eigenvalue weighted by Gasteiger charge is -2.25. The smallest absolute Gasteiger partial charge is 0.338 e. The molecular formula is C34H43F2N3O5S. The average Bonchev–Trinajstić information content (AvgIpc) is 2.99. The summed E-state index contributed by atoms with van der Waals surface area (Å²) in [6.07, 6.45) is 0.668. The van der Waals surface area contributed by atoms with Crippen LogP contribution in [0.2, 0.25) is 0 Å². The highest BCUT2D eigenvalue weighted by Gasteiger charge is 2.25. The van der Waals surface area contributed by atoms with Crippen molar-refractivity contribution in [2.75, 3.05) is 25.4 Å². The fraction of sp³-hybridized carbons (Fsp3) is 0.412. The molecule has 0 aromatic heterocycles. The largest absolute Gasteiger partial charge is 0.456 e. The van der Waals surface area contributed by atoms with Crippen molar-refractivity contribution in [3.63, 3.8) is 0 Å². The third-order valence-electron chi connectivity index (χ3n) is 7.28. The fourth-order valence-electron chi connectivity index (χ4n) is 5.05. The lowest BCUT2D eigenvalue weighted by molar-refractivity contribution is 0.0238. The van der Waals surface area contributed by atoms with Gasteiger partial charge in [-0.1, -0.05) is 32.9 Å². The second-order valence-electron chi connectivity index (χ2n) is 11.2. The van der Waals surface area contributed by atoms with Crippen molar-refractivity contribution in [2.24, 2.45) is 5.73 Å². The molecule has 0 aliphatic rings. The van der Waals surface area contributed by atoms with Gasteiger partial charge in [-0.25, -0.2) is 22.0 Å². The molecule has 0 bridgehead atoms. The third kappa shape index (κ3) is 10.4. The molecule has 3 rings (SSSR count). The van der Waals surface area contributed by atoms with Gasteiger partial charge in [0, 0.05) is 43.9 Å². The number of nitrogens with two attached hydrogens (primary N) is 1. The SMILES string of the molecule is CCCN(CCC)C(=O)c1cc(C)cc(C(=O)O[C@H](CNCc2cccc(S(=O)(=O)CC)c2)[C@@H](N)Cc2cc(F)cc(F)c2)c1. The number of carbonyl (C=O) groups excluding carboxylic acids is 2. The summed E-state index contributed by atoms with van der Waals surface area (Å²) in [4.78, 5) is 28.7. The van der Waals surface area contributed by atoms with Gasteiger partial charge in [-0.05, 0) is 85.3 Å². The Labute approximate surface area is 264 Å². The van der Waals surface area contributed by atoms with E-state index >= 15 is 0 Å². The van der Waals surface area contributed by atoms with Crippen molar-refractivity contribution in [1.82, 2.24) is 10.2 Å². The van der Waals surface area contributed by atoms with Crippen LogP contribution >= 0.6 is 0 Å². The second kappa shape index (κ2) is 16.6. The number of halogens is 2. The fourth-order valence-corrected chi connectivity index (χ4v) is 6.00. The number of ether oxygens (including phenoxy) is 1. The van der Waals surface area contributed by atoms with Crippen molar-refractivity contribution in [3.05, 3.63) is 100 Å². The number of hydrogen-bond acceptors (Lipinski definition) is 7. The molecule has 0 unspecified atom stereocenters. The van der Waals surface area contributed by atoms with E-state index in [0.717, 1.165) is 18.9 Å². The summed E-state index contributed by atoms with van der Waals surface area (Å²) in [5.74, 6) is -2.40. The Morgan fingerprint density at radius 3 is 2.18 bits per heavy atom. The van der Waals surface area contributed by atoms with Crippen molar-refractivity contribution in [2.45, 2.75) is 70.5 Å². The van der Waals surface area contributed by atoms with Gasteiger partial charge >= 0.3 is 5.97 Å². The monoisotopic (exact) mass is 643 g/mol. The van der Waals surface area contributed by atoms with Crippen LogP contribution in [0.3, 0.4) is 0 Å². The summed E-state index contributed by atoms with van der Waals surface area (Å²) in [7, 11) is -3.39. The van der Waals surface area contributed by atoms with Crippen LogP contribution in [-0.2, 0) is 27.5 Å². The number of hydrogen-bond donors (Lipinski definition) is 2. The first-order valence-corrected chi connectivity index (χ1v) is 16.9. The Kier molecular flexibility index (Phi) is 13.2. The Balaban J connectivity index is 1.84. The molecule has 2 atom stereocenters. The Hall–Kier alpha value is -3.67. The van der Waals surface area contributed by atoms with Crippen LogP contribution in [0.5, 0.6) is 0 Å². The molecule has 0 heterocycles. The van der Waals surface area contributed by atoms with Crippen molar-refractivity contribution >= 4 is 21.7 Å². The molecule has 0 saturated carbocycles. The molecule has 0 saturated heterocycles. The predicted molar refractivity (Wildman–Crippen MR) is 171 cm³/mol. The van der Waals surface area contributed by atoms with E-state index in [1.165, 1.54) is 24.3 Å². The van der Waals surface area contributed by atoms with E-state index in [2.05, 4.69) is 5.32 Å². The van der Waals surface area contributed by atoms with Gasteiger partial charge in [0.15, 0.2) is 9.84 Å². The molecule has 0 aliphatic carbocycles. The number of carbonyl (C=O) groups is 2. The molecule has 3 aromatic rings. The van der Waals surface area contributed by atoms with Gasteiger partial charge in [0.1, 0.15) is 17.7 Å². The number of aryl methyl sites for hydroxylation is 1. The zero-order valence-corrected chi connectivity index (χ0v) is 27.1. The van der Waals surface area contributed by atoms with Crippen molar-refractivity contribution in [3.8, 4) is 0 Å². The number of amides is 1. The van der Waals surface area contributed by atoms with Crippen molar-refractivity contribution in [1.29, 1.82) is 0 Å². The third-order valence-corrected chi connectivity index (χ3v) is 9.01. The number of nitrogens with one attached hydrogen (secondary N) is 1. The van der Waals surface area contributed by atoms with E-state index in [1.807, 2.05) is 13.8 Å². The molecule has 0 spiro atoms. The maximum Gasteiger partial charge on any atom is 0.338 e. The van der Waals surface area contributed by atoms with Gasteiger partial charge in [-0.3, -0.25) is 4.79 Å². The van der Waals surface area contributed by atoms with Gasteiger partial charge in [0.05, 0.1) is 16.2 Å². The van der Waals surface area contributed by atoms with Crippen LogP contribution in [0, 0.1) is 18.6 Å². The van der Waals surface area contributed by atoms with Crippen molar-refractivity contribution < 1.29 is 31.5 Å². The molecule has 0 fully saturated rings. The summed E-state index contributed by atoms with van der Waals surface area (Å²) in [5, 5.41) is 3.17. The van der Waals surface area contributed by atoms with Crippen LogP contribution < -0.4 is 11.1 Å². The number of esters is 1. The summed E-state index contributed by atoms with van der Waals surface area (Å²) >= 11 is 0. The van der Waals surface area contributed by atoms with Crippen LogP contribution in [0.25, 0.3) is 0 Å². The number of benzene rings is 3. The first-order chi connectivity index (χ1) is 21.4. The zero-order valence-electron chi connectivity index (χ0n) is 26.3. The number of sulfone groups is 1. The Morgan fingerprint density at radius 2 is 1.56 bits per heavy atom. The molecule has 3 N–H and O–H groups in total. The second-order valence-corrected chi connectivity index (χ2v) is 13.4. The minimum Gasteiger partial charge on any atom is -0.456 e. The van der Waals surface area contributed by atoms with Crippen LogP contribution in [0.1, 0.15) is 71.0 Å². The van der Waals surface area contributed by atoms with E-state index < -0.39 is 39.6 Å². The zero-order chi connectivity index (χ0) is 33.1. The molecule has 3 aromatic carbocycles. The highest BCUT2D eigenvalue weighted by Crippen LogP contribution is 2.18.